The molecule has 3 rings (SSSR count). The third kappa shape index (κ3) is 4.53. The standard InChI is InChI=1S/C22H20F3NO4/c1-12(27)17(15-8-5-9-16(22(23,24)25)18(15)21(29)30)20(28)26-19(14-10-11-14)13-6-3-2-4-7-13/h2-9,14,17,19H,10-11H2,1H3,(H,26,28)(H,29,30)/t17?,19-/m1/s1. The Hall–Kier alpha value is -3.16. The van der Waals surface area contributed by atoms with E-state index < -0.39 is 52.5 Å². The number of hydrogen-bond donors (Lipinski definition) is 2. The van der Waals surface area contributed by atoms with Gasteiger partial charge in [0, 0.05) is 0 Å². The van der Waals surface area contributed by atoms with Crippen molar-refractivity contribution in [1.82, 2.24) is 5.32 Å². The molecule has 1 unspecified atom stereocenters. The number of carbonyl (C=O) groups excluding carboxylic acids is 2. The number of rotatable bonds is 7. The van der Waals surface area contributed by atoms with Gasteiger partial charge in [0.1, 0.15) is 11.7 Å². The third-order valence-electron chi connectivity index (χ3n) is 5.15. The lowest BCUT2D eigenvalue weighted by Gasteiger charge is -2.24. The maximum atomic E-state index is 13.4. The highest BCUT2D eigenvalue weighted by Crippen LogP contribution is 2.42. The van der Waals surface area contributed by atoms with Gasteiger partial charge in [0.25, 0.3) is 0 Å². The molecule has 2 aromatic carbocycles. The molecule has 2 atom stereocenters. The van der Waals surface area contributed by atoms with Gasteiger partial charge in [0.15, 0.2) is 0 Å². The lowest BCUT2D eigenvalue weighted by atomic mass is 9.87. The molecule has 0 aliphatic heterocycles. The van der Waals surface area contributed by atoms with Crippen LogP contribution in [0.1, 0.15) is 58.8 Å². The topological polar surface area (TPSA) is 83.5 Å². The molecular weight excluding hydrogens is 399 g/mol. The van der Waals surface area contributed by atoms with Crippen molar-refractivity contribution in [3.05, 3.63) is 70.8 Å². The summed E-state index contributed by atoms with van der Waals surface area (Å²) in [5.41, 5.74) is -2.13. The SMILES string of the molecule is CC(=O)C(C(=O)N[C@H](c1ccccc1)C1CC1)c1cccc(C(F)(F)F)c1C(=O)O. The summed E-state index contributed by atoms with van der Waals surface area (Å²) in [5.74, 6) is -4.91. The minimum Gasteiger partial charge on any atom is -0.478 e. The smallest absolute Gasteiger partial charge is 0.417 e. The van der Waals surface area contributed by atoms with Gasteiger partial charge in [-0.3, -0.25) is 9.59 Å². The molecule has 5 nitrogen and oxygen atoms in total. The molecule has 1 fully saturated rings. The second-order valence-corrected chi connectivity index (χ2v) is 7.35. The molecule has 0 spiro atoms. The summed E-state index contributed by atoms with van der Waals surface area (Å²) in [6.07, 6.45) is -3.20. The van der Waals surface area contributed by atoms with E-state index >= 15 is 0 Å². The van der Waals surface area contributed by atoms with E-state index in [1.165, 1.54) is 0 Å². The first-order valence-corrected chi connectivity index (χ1v) is 9.40. The summed E-state index contributed by atoms with van der Waals surface area (Å²) in [7, 11) is 0. The quantitative estimate of drug-likeness (QED) is 0.654. The monoisotopic (exact) mass is 419 g/mol. The van der Waals surface area contributed by atoms with Crippen molar-refractivity contribution < 1.29 is 32.7 Å². The van der Waals surface area contributed by atoms with Gasteiger partial charge < -0.3 is 10.4 Å². The predicted octanol–water partition coefficient (Wildman–Crippen LogP) is 4.34. The van der Waals surface area contributed by atoms with Crippen molar-refractivity contribution in [3.63, 3.8) is 0 Å². The summed E-state index contributed by atoms with van der Waals surface area (Å²) in [4.78, 5) is 37.0. The van der Waals surface area contributed by atoms with Gasteiger partial charge >= 0.3 is 12.1 Å². The number of carboxylic acid groups (broad SMARTS) is 1. The molecule has 1 amide bonds. The van der Waals surface area contributed by atoms with Gasteiger partial charge in [0.05, 0.1) is 17.2 Å². The van der Waals surface area contributed by atoms with Crippen molar-refractivity contribution in [2.75, 3.05) is 0 Å². The molecule has 1 aliphatic rings. The zero-order chi connectivity index (χ0) is 22.1. The van der Waals surface area contributed by atoms with Crippen molar-refractivity contribution in [2.24, 2.45) is 5.92 Å². The van der Waals surface area contributed by atoms with E-state index in [4.69, 9.17) is 0 Å². The van der Waals surface area contributed by atoms with E-state index in [-0.39, 0.29) is 5.92 Å². The first-order chi connectivity index (χ1) is 14.1. The number of Topliss-reactive ketones (excluding diaryl/α,β-unsaturated/α-hetero) is 1. The predicted molar refractivity (Wildman–Crippen MR) is 102 cm³/mol. The first-order valence-electron chi connectivity index (χ1n) is 9.40. The van der Waals surface area contributed by atoms with Crippen LogP contribution in [-0.4, -0.2) is 22.8 Å². The second-order valence-electron chi connectivity index (χ2n) is 7.35. The minimum absolute atomic E-state index is 0.157. The van der Waals surface area contributed by atoms with Crippen LogP contribution in [0, 0.1) is 5.92 Å². The molecule has 0 radical (unpaired) electrons. The Morgan fingerprint density at radius 3 is 2.17 bits per heavy atom. The largest absolute Gasteiger partial charge is 0.478 e. The molecule has 0 aromatic heterocycles. The van der Waals surface area contributed by atoms with Gasteiger partial charge in [-0.05, 0) is 42.9 Å². The van der Waals surface area contributed by atoms with E-state index in [0.717, 1.165) is 37.5 Å². The highest BCUT2D eigenvalue weighted by molar-refractivity contribution is 6.08. The Morgan fingerprint density at radius 2 is 1.67 bits per heavy atom. The summed E-state index contributed by atoms with van der Waals surface area (Å²) >= 11 is 0. The lowest BCUT2D eigenvalue weighted by molar-refractivity contribution is -0.138. The maximum absolute atomic E-state index is 13.4. The first kappa shape index (κ1) is 21.5. The Labute approximate surface area is 170 Å². The molecule has 0 saturated heterocycles. The molecule has 2 N–H and O–H groups in total. The van der Waals surface area contributed by atoms with Crippen molar-refractivity contribution >= 4 is 17.7 Å². The molecular formula is C22H20F3NO4. The fourth-order valence-electron chi connectivity index (χ4n) is 3.63. The molecule has 0 heterocycles. The van der Waals surface area contributed by atoms with Crippen LogP contribution in [0.2, 0.25) is 0 Å². The van der Waals surface area contributed by atoms with E-state index in [0.29, 0.717) is 6.07 Å². The molecule has 2 aromatic rings. The number of halogens is 3. The highest BCUT2D eigenvalue weighted by atomic mass is 19.4. The number of carbonyl (C=O) groups is 3. The van der Waals surface area contributed by atoms with Gasteiger partial charge in [-0.25, -0.2) is 4.79 Å². The van der Waals surface area contributed by atoms with Crippen LogP contribution < -0.4 is 5.32 Å². The average molecular weight is 419 g/mol. The normalized spacial score (nSPS) is 15.9. The Balaban J connectivity index is 2.01. The number of aromatic carboxylic acids is 1. The molecule has 1 saturated carbocycles. The van der Waals surface area contributed by atoms with Gasteiger partial charge in [-0.15, -0.1) is 0 Å². The number of amides is 1. The van der Waals surface area contributed by atoms with Crippen LogP contribution in [-0.2, 0) is 15.8 Å². The van der Waals surface area contributed by atoms with Crippen LogP contribution >= 0.6 is 0 Å². The number of nitrogens with one attached hydrogen (secondary N) is 1. The molecule has 158 valence electrons. The summed E-state index contributed by atoms with van der Waals surface area (Å²) < 4.78 is 40.1. The molecule has 0 bridgehead atoms. The van der Waals surface area contributed by atoms with Gasteiger partial charge in [-0.2, -0.15) is 13.2 Å². The number of ketones is 1. The number of carboxylic acids is 1. The second kappa shape index (κ2) is 8.30. The summed E-state index contributed by atoms with van der Waals surface area (Å²) in [6.45, 7) is 1.06. The molecule has 8 heteroatoms. The summed E-state index contributed by atoms with van der Waals surface area (Å²) in [6, 6.07) is 11.4. The number of alkyl halides is 3. The lowest BCUT2D eigenvalue weighted by Crippen LogP contribution is -2.37. The van der Waals surface area contributed by atoms with Crippen LogP contribution in [0.5, 0.6) is 0 Å². The van der Waals surface area contributed by atoms with Crippen LogP contribution in [0.15, 0.2) is 48.5 Å². The Bertz CT molecular complexity index is 968. The van der Waals surface area contributed by atoms with Crippen molar-refractivity contribution in [2.45, 2.75) is 37.9 Å². The van der Waals surface area contributed by atoms with Gasteiger partial charge in [-0.1, -0.05) is 42.5 Å². The Morgan fingerprint density at radius 1 is 1.03 bits per heavy atom. The molecule has 30 heavy (non-hydrogen) atoms. The van der Waals surface area contributed by atoms with Crippen LogP contribution in [0.3, 0.4) is 0 Å². The maximum Gasteiger partial charge on any atom is 0.417 e. The fourth-order valence-corrected chi connectivity index (χ4v) is 3.63. The number of benzene rings is 2. The fraction of sp³-hybridized carbons (Fsp3) is 0.318. The van der Waals surface area contributed by atoms with Crippen LogP contribution in [0.4, 0.5) is 13.2 Å². The average Bonchev–Trinajstić information content (AvgIpc) is 3.50. The molecule has 1 aliphatic carbocycles. The van der Waals surface area contributed by atoms with Crippen molar-refractivity contribution in [1.29, 1.82) is 0 Å². The van der Waals surface area contributed by atoms with E-state index in [2.05, 4.69) is 5.32 Å². The van der Waals surface area contributed by atoms with E-state index in [1.807, 2.05) is 18.2 Å². The minimum atomic E-state index is -4.94. The van der Waals surface area contributed by atoms with Gasteiger partial charge in [0.2, 0.25) is 5.91 Å². The number of hydrogen-bond acceptors (Lipinski definition) is 3. The zero-order valence-electron chi connectivity index (χ0n) is 16.1. The van der Waals surface area contributed by atoms with E-state index in [9.17, 15) is 32.7 Å². The van der Waals surface area contributed by atoms with Crippen LogP contribution in [0.25, 0.3) is 0 Å². The highest BCUT2D eigenvalue weighted by Gasteiger charge is 2.41. The summed E-state index contributed by atoms with van der Waals surface area (Å²) in [5, 5.41) is 12.2. The van der Waals surface area contributed by atoms with E-state index in [1.54, 1.807) is 12.1 Å². The van der Waals surface area contributed by atoms with Crippen molar-refractivity contribution in [3.8, 4) is 0 Å². The Kier molecular flexibility index (Phi) is 5.96. The third-order valence-corrected chi connectivity index (χ3v) is 5.15. The zero-order valence-corrected chi connectivity index (χ0v) is 16.1.